The van der Waals surface area contributed by atoms with Gasteiger partial charge < -0.3 is 20.5 Å². The Morgan fingerprint density at radius 1 is 0.946 bits per heavy atom. The van der Waals surface area contributed by atoms with E-state index in [1.165, 1.54) is 26.2 Å². The molecule has 0 aliphatic carbocycles. The number of hydrogen-bond donors (Lipinski definition) is 3. The molecule has 0 saturated carbocycles. The summed E-state index contributed by atoms with van der Waals surface area (Å²) in [5.41, 5.74) is 1.54. The van der Waals surface area contributed by atoms with Crippen molar-refractivity contribution in [3.8, 4) is 5.75 Å². The van der Waals surface area contributed by atoms with Gasteiger partial charge in [0.25, 0.3) is 0 Å². The molecule has 3 N–H and O–H groups in total. The molecule has 2 amide bonds. The molecule has 9 heteroatoms. The standard InChI is InChI=1S/C28H36N2O6S/c1-6-17(2)25(37-19(4)31)27(34)30-24(18(3)21-10-8-7-9-11-21)26(33)29-23(28(35)36-5)16-20-12-14-22(32)15-13-20/h7-15,17-18,23-25,32H,6,16H2,1-5H3,(H,29,33)(H,30,34)/t17?,18?,23-,24-,25-/m0/s1. The fourth-order valence-electron chi connectivity index (χ4n) is 3.89. The molecule has 2 rings (SSSR count). The van der Waals surface area contributed by atoms with Crippen molar-refractivity contribution in [2.45, 2.75) is 63.8 Å². The Labute approximate surface area is 222 Å². The van der Waals surface area contributed by atoms with Gasteiger partial charge in [-0.15, -0.1) is 0 Å². The molecular formula is C28H36N2O6S. The third-order valence-electron chi connectivity index (χ3n) is 6.30. The van der Waals surface area contributed by atoms with E-state index in [1.54, 1.807) is 12.1 Å². The number of rotatable bonds is 12. The summed E-state index contributed by atoms with van der Waals surface area (Å²) in [5, 5.41) is 14.3. The second-order valence-corrected chi connectivity index (χ2v) is 10.4. The average Bonchev–Trinajstić information content (AvgIpc) is 2.90. The second-order valence-electron chi connectivity index (χ2n) is 9.06. The largest absolute Gasteiger partial charge is 0.508 e. The first-order chi connectivity index (χ1) is 17.6. The van der Waals surface area contributed by atoms with Gasteiger partial charge in [-0.25, -0.2) is 4.79 Å². The molecule has 5 atom stereocenters. The van der Waals surface area contributed by atoms with Crippen molar-refractivity contribution in [2.75, 3.05) is 7.11 Å². The molecule has 0 heterocycles. The van der Waals surface area contributed by atoms with Crippen LogP contribution < -0.4 is 10.6 Å². The van der Waals surface area contributed by atoms with Crippen LogP contribution in [-0.2, 0) is 30.3 Å². The lowest BCUT2D eigenvalue weighted by Crippen LogP contribution is -2.56. The quantitative estimate of drug-likeness (QED) is 0.360. The minimum atomic E-state index is -1.01. The van der Waals surface area contributed by atoms with E-state index in [4.69, 9.17) is 4.74 Å². The van der Waals surface area contributed by atoms with E-state index in [0.29, 0.717) is 12.0 Å². The van der Waals surface area contributed by atoms with Gasteiger partial charge in [-0.3, -0.25) is 14.4 Å². The lowest BCUT2D eigenvalue weighted by molar-refractivity contribution is -0.145. The van der Waals surface area contributed by atoms with Crippen LogP contribution >= 0.6 is 11.8 Å². The van der Waals surface area contributed by atoms with Crippen LogP contribution in [0.5, 0.6) is 5.75 Å². The van der Waals surface area contributed by atoms with Crippen molar-refractivity contribution >= 4 is 34.7 Å². The molecule has 0 saturated heterocycles. The zero-order valence-electron chi connectivity index (χ0n) is 21.9. The first kappa shape index (κ1) is 29.9. The zero-order chi connectivity index (χ0) is 27.5. The summed E-state index contributed by atoms with van der Waals surface area (Å²) in [6.07, 6.45) is 0.815. The number of esters is 1. The summed E-state index contributed by atoms with van der Waals surface area (Å²) in [7, 11) is 1.24. The number of ether oxygens (including phenoxy) is 1. The third kappa shape index (κ3) is 8.93. The zero-order valence-corrected chi connectivity index (χ0v) is 22.7. The normalized spacial score (nSPS) is 14.9. The molecule has 0 spiro atoms. The summed E-state index contributed by atoms with van der Waals surface area (Å²) in [6.45, 7) is 7.06. The molecule has 8 nitrogen and oxygen atoms in total. The lowest BCUT2D eigenvalue weighted by Gasteiger charge is -2.29. The fourth-order valence-corrected chi connectivity index (χ4v) is 4.85. The molecule has 0 radical (unpaired) electrons. The molecule has 0 aliphatic rings. The number of phenols is 1. The van der Waals surface area contributed by atoms with Crippen molar-refractivity contribution in [3.05, 3.63) is 65.7 Å². The molecule has 2 unspecified atom stereocenters. The van der Waals surface area contributed by atoms with Gasteiger partial charge in [-0.1, -0.05) is 81.4 Å². The number of phenolic OH excluding ortho intramolecular Hbond substituents is 1. The van der Waals surface area contributed by atoms with E-state index >= 15 is 0 Å². The lowest BCUT2D eigenvalue weighted by atomic mass is 9.91. The summed E-state index contributed by atoms with van der Waals surface area (Å²) >= 11 is 0.950. The number of thioether (sulfide) groups is 1. The highest BCUT2D eigenvalue weighted by Crippen LogP contribution is 2.25. The van der Waals surface area contributed by atoms with Gasteiger partial charge in [0.1, 0.15) is 17.8 Å². The van der Waals surface area contributed by atoms with Crippen LogP contribution in [0, 0.1) is 5.92 Å². The fraction of sp³-hybridized carbons (Fsp3) is 0.429. The van der Waals surface area contributed by atoms with Crippen molar-refractivity contribution in [2.24, 2.45) is 5.92 Å². The summed E-state index contributed by atoms with van der Waals surface area (Å²) in [4.78, 5) is 51.3. The van der Waals surface area contributed by atoms with Gasteiger partial charge in [0, 0.05) is 19.3 Å². The van der Waals surface area contributed by atoms with Gasteiger partial charge in [0.05, 0.1) is 12.4 Å². The third-order valence-corrected chi connectivity index (χ3v) is 7.56. The maximum absolute atomic E-state index is 13.6. The monoisotopic (exact) mass is 528 g/mol. The Balaban J connectivity index is 2.35. The molecular weight excluding hydrogens is 492 g/mol. The SMILES string of the molecule is CCC(C)[C@H](SC(C)=O)C(=O)N[C@H](C(=O)N[C@@H](Cc1ccc(O)cc1)C(=O)OC)C(C)c1ccccc1. The van der Waals surface area contributed by atoms with Crippen molar-refractivity contribution in [1.82, 2.24) is 10.6 Å². The molecule has 2 aromatic rings. The molecule has 0 bridgehead atoms. The highest BCUT2D eigenvalue weighted by molar-refractivity contribution is 8.14. The van der Waals surface area contributed by atoms with Crippen LogP contribution in [0.2, 0.25) is 0 Å². The summed E-state index contributed by atoms with van der Waals surface area (Å²) in [5.74, 6) is -2.04. The van der Waals surface area contributed by atoms with Gasteiger partial charge in [-0.05, 0) is 29.2 Å². The molecule has 200 valence electrons. The number of benzene rings is 2. The van der Waals surface area contributed by atoms with Gasteiger partial charge in [0.15, 0.2) is 5.12 Å². The van der Waals surface area contributed by atoms with E-state index in [1.807, 2.05) is 51.1 Å². The van der Waals surface area contributed by atoms with Crippen LogP contribution in [0.15, 0.2) is 54.6 Å². The predicted octanol–water partition coefficient (Wildman–Crippen LogP) is 3.58. The van der Waals surface area contributed by atoms with Crippen molar-refractivity contribution in [3.63, 3.8) is 0 Å². The molecule has 0 aromatic heterocycles. The molecule has 0 fully saturated rings. The molecule has 0 aliphatic heterocycles. The Morgan fingerprint density at radius 2 is 1.57 bits per heavy atom. The minimum Gasteiger partial charge on any atom is -0.508 e. The first-order valence-corrected chi connectivity index (χ1v) is 13.1. The van der Waals surface area contributed by atoms with E-state index in [9.17, 15) is 24.3 Å². The number of aromatic hydroxyl groups is 1. The number of amides is 2. The number of carbonyl (C=O) groups is 4. The number of nitrogens with one attached hydrogen (secondary N) is 2. The van der Waals surface area contributed by atoms with Gasteiger partial charge in [-0.2, -0.15) is 0 Å². The smallest absolute Gasteiger partial charge is 0.328 e. The van der Waals surface area contributed by atoms with Crippen LogP contribution in [0.1, 0.15) is 51.2 Å². The molecule has 2 aromatic carbocycles. The van der Waals surface area contributed by atoms with E-state index < -0.39 is 41.0 Å². The van der Waals surface area contributed by atoms with Crippen LogP contribution in [0.25, 0.3) is 0 Å². The van der Waals surface area contributed by atoms with E-state index in [2.05, 4.69) is 10.6 Å². The average molecular weight is 529 g/mol. The topological polar surface area (TPSA) is 122 Å². The van der Waals surface area contributed by atoms with Crippen LogP contribution in [0.3, 0.4) is 0 Å². The summed E-state index contributed by atoms with van der Waals surface area (Å²) < 4.78 is 4.91. The Kier molecular flexibility index (Phi) is 11.7. The number of methoxy groups -OCH3 is 1. The first-order valence-electron chi connectivity index (χ1n) is 12.3. The predicted molar refractivity (Wildman–Crippen MR) is 144 cm³/mol. The minimum absolute atomic E-state index is 0.0844. The number of carbonyl (C=O) groups excluding carboxylic acids is 4. The Bertz CT molecular complexity index is 1060. The highest BCUT2D eigenvalue weighted by atomic mass is 32.2. The van der Waals surface area contributed by atoms with E-state index in [0.717, 1.165) is 17.3 Å². The van der Waals surface area contributed by atoms with Crippen LogP contribution in [0.4, 0.5) is 0 Å². The second kappa shape index (κ2) is 14.4. The van der Waals surface area contributed by atoms with Gasteiger partial charge >= 0.3 is 5.97 Å². The van der Waals surface area contributed by atoms with Crippen LogP contribution in [-0.4, -0.2) is 52.4 Å². The highest BCUT2D eigenvalue weighted by Gasteiger charge is 2.35. The maximum atomic E-state index is 13.6. The summed E-state index contributed by atoms with van der Waals surface area (Å²) in [6, 6.07) is 13.5. The Morgan fingerprint density at radius 3 is 2.11 bits per heavy atom. The number of hydrogen-bond acceptors (Lipinski definition) is 7. The maximum Gasteiger partial charge on any atom is 0.328 e. The molecule has 37 heavy (non-hydrogen) atoms. The van der Waals surface area contributed by atoms with E-state index in [-0.39, 0.29) is 23.2 Å². The van der Waals surface area contributed by atoms with Gasteiger partial charge in [0.2, 0.25) is 11.8 Å². The van der Waals surface area contributed by atoms with Crippen molar-refractivity contribution in [1.29, 1.82) is 0 Å². The van der Waals surface area contributed by atoms with Crippen molar-refractivity contribution < 1.29 is 29.0 Å². The Hall–Kier alpha value is -3.33.